The lowest BCUT2D eigenvalue weighted by Gasteiger charge is -2.16. The molecule has 0 atom stereocenters. The second kappa shape index (κ2) is 5.27. The van der Waals surface area contributed by atoms with Gasteiger partial charge in [0, 0.05) is 25.0 Å². The molecule has 2 aromatic rings. The third kappa shape index (κ3) is 2.93. The molecule has 0 radical (unpaired) electrons. The highest BCUT2D eigenvalue weighted by molar-refractivity contribution is 7.13. The molecule has 0 saturated heterocycles. The lowest BCUT2D eigenvalue weighted by atomic mass is 10.3. The zero-order valence-electron chi connectivity index (χ0n) is 10.8. The van der Waals surface area contributed by atoms with Crippen LogP contribution >= 0.6 is 11.3 Å². The Hall–Kier alpha value is -1.46. The van der Waals surface area contributed by atoms with E-state index in [-0.39, 0.29) is 5.82 Å². The molecule has 0 unspecified atom stereocenters. The van der Waals surface area contributed by atoms with Crippen LogP contribution in [0.15, 0.2) is 29.6 Å². The van der Waals surface area contributed by atoms with Crippen molar-refractivity contribution in [1.29, 1.82) is 0 Å². The summed E-state index contributed by atoms with van der Waals surface area (Å²) in [6, 6.07) is 7.43. The van der Waals surface area contributed by atoms with Gasteiger partial charge in [0.15, 0.2) is 5.13 Å². The number of nitrogens with one attached hydrogen (secondary N) is 1. The molecule has 1 aliphatic rings. The van der Waals surface area contributed by atoms with Crippen LogP contribution in [0.4, 0.5) is 15.2 Å². The van der Waals surface area contributed by atoms with E-state index in [9.17, 15) is 4.39 Å². The number of para-hydroxylation sites is 1. The highest BCUT2D eigenvalue weighted by Crippen LogP contribution is 2.29. The van der Waals surface area contributed by atoms with E-state index < -0.39 is 0 Å². The molecular weight excluding hydrogens is 261 g/mol. The molecule has 0 aliphatic heterocycles. The maximum absolute atomic E-state index is 13.7. The van der Waals surface area contributed by atoms with Crippen LogP contribution in [0.5, 0.6) is 0 Å². The molecule has 1 aromatic heterocycles. The van der Waals surface area contributed by atoms with E-state index in [1.54, 1.807) is 28.4 Å². The van der Waals surface area contributed by atoms with E-state index in [0.717, 1.165) is 17.4 Å². The van der Waals surface area contributed by atoms with E-state index in [4.69, 9.17) is 0 Å². The van der Waals surface area contributed by atoms with Crippen molar-refractivity contribution in [3.05, 3.63) is 41.2 Å². The number of rotatable bonds is 5. The Morgan fingerprint density at radius 1 is 1.42 bits per heavy atom. The summed E-state index contributed by atoms with van der Waals surface area (Å²) in [7, 11) is 1.84. The molecule has 3 nitrogen and oxygen atoms in total. The van der Waals surface area contributed by atoms with Gasteiger partial charge in [-0.2, -0.15) is 0 Å². The highest BCUT2D eigenvalue weighted by Gasteiger charge is 2.20. The van der Waals surface area contributed by atoms with Crippen molar-refractivity contribution in [2.24, 2.45) is 0 Å². The number of anilines is 2. The van der Waals surface area contributed by atoms with Crippen molar-refractivity contribution < 1.29 is 4.39 Å². The second-order valence-electron chi connectivity index (χ2n) is 4.79. The maximum Gasteiger partial charge on any atom is 0.189 e. The Morgan fingerprint density at radius 3 is 2.95 bits per heavy atom. The molecule has 3 rings (SSSR count). The first-order valence-electron chi connectivity index (χ1n) is 6.40. The Labute approximate surface area is 116 Å². The van der Waals surface area contributed by atoms with Crippen LogP contribution in [-0.2, 0) is 6.54 Å². The zero-order valence-corrected chi connectivity index (χ0v) is 11.6. The number of nitrogens with zero attached hydrogens (tertiary/aromatic N) is 2. The van der Waals surface area contributed by atoms with Crippen LogP contribution in [0.2, 0.25) is 0 Å². The predicted molar refractivity (Wildman–Crippen MR) is 76.4 cm³/mol. The molecular formula is C14H16FN3S. The molecule has 100 valence electrons. The molecule has 1 saturated carbocycles. The summed E-state index contributed by atoms with van der Waals surface area (Å²) >= 11 is 1.54. The molecule has 0 amide bonds. The van der Waals surface area contributed by atoms with Crippen molar-refractivity contribution in [3.63, 3.8) is 0 Å². The average Bonchev–Trinajstić information content (AvgIpc) is 3.13. The van der Waals surface area contributed by atoms with Crippen molar-refractivity contribution >= 4 is 22.2 Å². The molecule has 1 heterocycles. The van der Waals surface area contributed by atoms with Crippen molar-refractivity contribution in [3.8, 4) is 0 Å². The average molecular weight is 277 g/mol. The SMILES string of the molecule is CN(c1nc(CNC2CC2)cs1)c1ccccc1F. The lowest BCUT2D eigenvalue weighted by Crippen LogP contribution is -2.16. The van der Waals surface area contributed by atoms with Gasteiger partial charge in [0.25, 0.3) is 0 Å². The van der Waals surface area contributed by atoms with Gasteiger partial charge >= 0.3 is 0 Å². The predicted octanol–water partition coefficient (Wildman–Crippen LogP) is 3.30. The zero-order chi connectivity index (χ0) is 13.2. The fraction of sp³-hybridized carbons (Fsp3) is 0.357. The highest BCUT2D eigenvalue weighted by atomic mass is 32.1. The van der Waals surface area contributed by atoms with Crippen molar-refractivity contribution in [2.45, 2.75) is 25.4 Å². The smallest absolute Gasteiger partial charge is 0.189 e. The molecule has 0 spiro atoms. The van der Waals surface area contributed by atoms with Crippen LogP contribution in [-0.4, -0.2) is 18.1 Å². The van der Waals surface area contributed by atoms with E-state index in [2.05, 4.69) is 10.3 Å². The number of hydrogen-bond donors (Lipinski definition) is 1. The quantitative estimate of drug-likeness (QED) is 0.909. The summed E-state index contributed by atoms with van der Waals surface area (Å²) in [5.74, 6) is -0.224. The van der Waals surface area contributed by atoms with Gasteiger partial charge in [-0.3, -0.25) is 0 Å². The van der Waals surface area contributed by atoms with Gasteiger partial charge in [-0.25, -0.2) is 9.37 Å². The van der Waals surface area contributed by atoms with Gasteiger partial charge < -0.3 is 10.2 Å². The third-order valence-corrected chi connectivity index (χ3v) is 4.16. The standard InChI is InChI=1S/C14H16FN3S/c1-18(13-5-3-2-4-12(13)15)14-17-11(9-19-14)8-16-10-6-7-10/h2-5,9-10,16H,6-8H2,1H3. The fourth-order valence-electron chi connectivity index (χ4n) is 1.89. The van der Waals surface area contributed by atoms with Gasteiger partial charge in [-0.15, -0.1) is 11.3 Å². The van der Waals surface area contributed by atoms with Gasteiger partial charge in [-0.1, -0.05) is 12.1 Å². The normalized spacial score (nSPS) is 14.6. The molecule has 5 heteroatoms. The summed E-state index contributed by atoms with van der Waals surface area (Å²) in [5.41, 5.74) is 1.58. The molecule has 1 N–H and O–H groups in total. The van der Waals surface area contributed by atoms with Crippen LogP contribution in [0.25, 0.3) is 0 Å². The fourth-order valence-corrected chi connectivity index (χ4v) is 2.70. The van der Waals surface area contributed by atoms with Gasteiger partial charge in [0.1, 0.15) is 5.82 Å². The largest absolute Gasteiger partial charge is 0.318 e. The summed E-state index contributed by atoms with van der Waals surface area (Å²) in [4.78, 5) is 6.33. The minimum absolute atomic E-state index is 0.224. The van der Waals surface area contributed by atoms with E-state index in [1.807, 2.05) is 18.5 Å². The number of halogens is 1. The van der Waals surface area contributed by atoms with Gasteiger partial charge in [0.2, 0.25) is 0 Å². The summed E-state index contributed by atoms with van der Waals surface area (Å²) in [6.07, 6.45) is 2.54. The first-order valence-corrected chi connectivity index (χ1v) is 7.28. The van der Waals surface area contributed by atoms with Crippen LogP contribution in [0, 0.1) is 5.82 Å². The Balaban J connectivity index is 1.72. The molecule has 1 aliphatic carbocycles. The number of benzene rings is 1. The minimum atomic E-state index is -0.224. The summed E-state index contributed by atoms with van der Waals surface area (Å²) in [5, 5.41) is 6.27. The lowest BCUT2D eigenvalue weighted by molar-refractivity contribution is 0.627. The number of thiazole rings is 1. The van der Waals surface area contributed by atoms with Crippen molar-refractivity contribution in [1.82, 2.24) is 10.3 Å². The molecule has 19 heavy (non-hydrogen) atoms. The maximum atomic E-state index is 13.7. The second-order valence-corrected chi connectivity index (χ2v) is 5.62. The van der Waals surface area contributed by atoms with Crippen molar-refractivity contribution in [2.75, 3.05) is 11.9 Å². The first-order chi connectivity index (χ1) is 9.24. The molecule has 0 bridgehead atoms. The summed E-state index contributed by atoms with van der Waals surface area (Å²) in [6.45, 7) is 0.798. The number of aromatic nitrogens is 1. The monoisotopic (exact) mass is 277 g/mol. The summed E-state index contributed by atoms with van der Waals surface area (Å²) < 4.78 is 13.7. The van der Waals surface area contributed by atoms with Gasteiger partial charge in [0.05, 0.1) is 11.4 Å². The van der Waals surface area contributed by atoms with Crippen LogP contribution in [0.1, 0.15) is 18.5 Å². The van der Waals surface area contributed by atoms with E-state index in [0.29, 0.717) is 11.7 Å². The molecule has 1 aromatic carbocycles. The topological polar surface area (TPSA) is 28.2 Å². The Bertz CT molecular complexity index is 565. The van der Waals surface area contributed by atoms with E-state index >= 15 is 0 Å². The van der Waals surface area contributed by atoms with E-state index in [1.165, 1.54) is 18.9 Å². The van der Waals surface area contributed by atoms with Crippen LogP contribution < -0.4 is 10.2 Å². The minimum Gasteiger partial charge on any atom is -0.318 e. The first kappa shape index (κ1) is 12.6. The third-order valence-electron chi connectivity index (χ3n) is 3.19. The Morgan fingerprint density at radius 2 is 2.21 bits per heavy atom. The van der Waals surface area contributed by atoms with Crippen LogP contribution in [0.3, 0.4) is 0 Å². The molecule has 1 fully saturated rings. The van der Waals surface area contributed by atoms with Gasteiger partial charge in [-0.05, 0) is 25.0 Å². The Kier molecular flexibility index (Phi) is 3.48. The number of hydrogen-bond acceptors (Lipinski definition) is 4.